The minimum Gasteiger partial charge on any atom is -0.488 e. The number of aromatic nitrogens is 2. The summed E-state index contributed by atoms with van der Waals surface area (Å²) < 4.78 is 20.0. The van der Waals surface area contributed by atoms with Gasteiger partial charge in [0.2, 0.25) is 0 Å². The molecular formula is C21H23FN4O. The number of benzene rings is 2. The first kappa shape index (κ1) is 17.5. The van der Waals surface area contributed by atoms with Gasteiger partial charge in [0.25, 0.3) is 0 Å². The van der Waals surface area contributed by atoms with E-state index in [2.05, 4.69) is 15.3 Å². The summed E-state index contributed by atoms with van der Waals surface area (Å²) in [5.74, 6) is 0.849. The van der Waals surface area contributed by atoms with Gasteiger partial charge in [0, 0.05) is 17.1 Å². The van der Waals surface area contributed by atoms with Crippen molar-refractivity contribution in [3.05, 3.63) is 48.0 Å². The zero-order chi connectivity index (χ0) is 18.8. The Bertz CT molecular complexity index is 970. The van der Waals surface area contributed by atoms with Crippen LogP contribution in [0.25, 0.3) is 10.9 Å². The Morgan fingerprint density at radius 1 is 1.11 bits per heavy atom. The van der Waals surface area contributed by atoms with E-state index in [9.17, 15) is 4.39 Å². The van der Waals surface area contributed by atoms with Crippen LogP contribution >= 0.6 is 0 Å². The van der Waals surface area contributed by atoms with Crippen LogP contribution in [0.3, 0.4) is 0 Å². The highest BCUT2D eigenvalue weighted by molar-refractivity contribution is 5.95. The number of hydrogen-bond acceptors (Lipinski definition) is 5. The topological polar surface area (TPSA) is 73.1 Å². The average molecular weight is 366 g/mol. The number of nitrogens with two attached hydrogens (primary N) is 1. The second-order valence-electron chi connectivity index (χ2n) is 7.10. The maximum absolute atomic E-state index is 13.9. The van der Waals surface area contributed by atoms with E-state index in [1.165, 1.54) is 24.9 Å². The zero-order valence-corrected chi connectivity index (χ0v) is 15.3. The minimum atomic E-state index is -0.317. The number of aryl methyl sites for hydroxylation is 1. The standard InChI is InChI=1S/C21H23FN4O/c1-13-9-15(23)11-18-20(13)21(25-12-24-18)26-17-8-7-14(22)10-19(17)27-16-5-3-2-4-6-16/h7-12,16H,2-6,23H2,1H3,(H,24,25,26). The Hall–Kier alpha value is -2.89. The first-order valence-corrected chi connectivity index (χ1v) is 9.34. The third kappa shape index (κ3) is 3.79. The molecule has 1 fully saturated rings. The van der Waals surface area contributed by atoms with Gasteiger partial charge in [-0.3, -0.25) is 0 Å². The second kappa shape index (κ2) is 7.39. The molecule has 0 radical (unpaired) electrons. The lowest BCUT2D eigenvalue weighted by molar-refractivity contribution is 0.155. The van der Waals surface area contributed by atoms with Crippen LogP contribution in [-0.4, -0.2) is 16.1 Å². The highest BCUT2D eigenvalue weighted by Crippen LogP contribution is 2.34. The van der Waals surface area contributed by atoms with Crippen molar-refractivity contribution in [2.24, 2.45) is 0 Å². The summed E-state index contributed by atoms with van der Waals surface area (Å²) in [6, 6.07) is 8.25. The number of nitrogens with zero attached hydrogens (tertiary/aromatic N) is 2. The van der Waals surface area contributed by atoms with Gasteiger partial charge in [0.1, 0.15) is 23.7 Å². The molecule has 1 aromatic heterocycles. The second-order valence-corrected chi connectivity index (χ2v) is 7.10. The molecule has 1 heterocycles. The molecule has 2 aromatic carbocycles. The third-order valence-electron chi connectivity index (χ3n) is 5.00. The predicted octanol–water partition coefficient (Wildman–Crippen LogP) is 5.11. The summed E-state index contributed by atoms with van der Waals surface area (Å²) in [5, 5.41) is 4.20. The van der Waals surface area contributed by atoms with Crippen molar-refractivity contribution < 1.29 is 9.13 Å². The summed E-state index contributed by atoms with van der Waals surface area (Å²) >= 11 is 0. The zero-order valence-electron chi connectivity index (χ0n) is 15.3. The predicted molar refractivity (Wildman–Crippen MR) is 106 cm³/mol. The van der Waals surface area contributed by atoms with Crippen LogP contribution < -0.4 is 15.8 Å². The summed E-state index contributed by atoms with van der Waals surface area (Å²) in [5.41, 5.74) is 9.02. The van der Waals surface area contributed by atoms with Gasteiger partial charge in [-0.15, -0.1) is 0 Å². The SMILES string of the molecule is Cc1cc(N)cc2ncnc(Nc3ccc(F)cc3OC3CCCCC3)c12. The van der Waals surface area contributed by atoms with Crippen molar-refractivity contribution in [2.75, 3.05) is 11.1 Å². The van der Waals surface area contributed by atoms with E-state index in [0.29, 0.717) is 22.9 Å². The molecule has 3 aromatic rings. The molecule has 0 bridgehead atoms. The molecule has 27 heavy (non-hydrogen) atoms. The molecule has 0 atom stereocenters. The summed E-state index contributed by atoms with van der Waals surface area (Å²) in [7, 11) is 0. The maximum Gasteiger partial charge on any atom is 0.146 e. The average Bonchev–Trinajstić information content (AvgIpc) is 2.64. The van der Waals surface area contributed by atoms with Crippen molar-refractivity contribution in [1.82, 2.24) is 9.97 Å². The van der Waals surface area contributed by atoms with Crippen molar-refractivity contribution >= 4 is 28.1 Å². The van der Waals surface area contributed by atoms with E-state index in [-0.39, 0.29) is 11.9 Å². The molecule has 3 N–H and O–H groups in total. The number of hydrogen-bond donors (Lipinski definition) is 2. The van der Waals surface area contributed by atoms with E-state index in [1.54, 1.807) is 6.07 Å². The Balaban J connectivity index is 1.69. The molecule has 140 valence electrons. The van der Waals surface area contributed by atoms with Crippen molar-refractivity contribution in [3.63, 3.8) is 0 Å². The van der Waals surface area contributed by atoms with E-state index >= 15 is 0 Å². The van der Waals surface area contributed by atoms with Gasteiger partial charge in [-0.1, -0.05) is 6.42 Å². The van der Waals surface area contributed by atoms with Gasteiger partial charge >= 0.3 is 0 Å². The first-order valence-electron chi connectivity index (χ1n) is 9.34. The molecule has 4 rings (SSSR count). The Morgan fingerprint density at radius 3 is 2.74 bits per heavy atom. The smallest absolute Gasteiger partial charge is 0.146 e. The third-order valence-corrected chi connectivity index (χ3v) is 5.00. The highest BCUT2D eigenvalue weighted by Gasteiger charge is 2.18. The van der Waals surface area contributed by atoms with Crippen LogP contribution in [0.4, 0.5) is 21.6 Å². The number of fused-ring (bicyclic) bond motifs is 1. The fourth-order valence-corrected chi connectivity index (χ4v) is 3.70. The van der Waals surface area contributed by atoms with E-state index in [1.807, 2.05) is 19.1 Å². The summed E-state index contributed by atoms with van der Waals surface area (Å²) in [6.45, 7) is 1.97. The van der Waals surface area contributed by atoms with Crippen molar-refractivity contribution in [3.8, 4) is 5.75 Å². The van der Waals surface area contributed by atoms with E-state index in [0.717, 1.165) is 42.1 Å². The quantitative estimate of drug-likeness (QED) is 0.627. The fraction of sp³-hybridized carbons (Fsp3) is 0.333. The van der Waals surface area contributed by atoms with Crippen LogP contribution in [0.15, 0.2) is 36.7 Å². The van der Waals surface area contributed by atoms with Crippen LogP contribution in [0.2, 0.25) is 0 Å². The number of ether oxygens (including phenoxy) is 1. The largest absolute Gasteiger partial charge is 0.488 e. The van der Waals surface area contributed by atoms with Gasteiger partial charge in [-0.25, -0.2) is 14.4 Å². The van der Waals surface area contributed by atoms with E-state index < -0.39 is 0 Å². The molecule has 0 amide bonds. The Labute approximate surface area is 157 Å². The van der Waals surface area contributed by atoms with Crippen LogP contribution in [0.5, 0.6) is 5.75 Å². The molecule has 1 saturated carbocycles. The number of nitrogen functional groups attached to an aromatic ring is 1. The highest BCUT2D eigenvalue weighted by atomic mass is 19.1. The molecule has 0 aliphatic heterocycles. The lowest BCUT2D eigenvalue weighted by Gasteiger charge is -2.24. The van der Waals surface area contributed by atoms with Crippen LogP contribution in [0, 0.1) is 12.7 Å². The van der Waals surface area contributed by atoms with Gasteiger partial charge in [0.05, 0.1) is 17.3 Å². The molecule has 0 unspecified atom stereocenters. The normalized spacial score (nSPS) is 15.0. The molecule has 0 saturated heterocycles. The molecule has 1 aliphatic rings. The summed E-state index contributed by atoms with van der Waals surface area (Å²) in [6.07, 6.45) is 7.18. The lowest BCUT2D eigenvalue weighted by atomic mass is 9.98. The molecule has 1 aliphatic carbocycles. The number of nitrogens with one attached hydrogen (secondary N) is 1. The Kier molecular flexibility index (Phi) is 4.79. The molecule has 0 spiro atoms. The van der Waals surface area contributed by atoms with Crippen molar-refractivity contribution in [2.45, 2.75) is 45.1 Å². The lowest BCUT2D eigenvalue weighted by Crippen LogP contribution is -2.20. The number of anilines is 3. The number of halogens is 1. The summed E-state index contributed by atoms with van der Waals surface area (Å²) in [4.78, 5) is 8.70. The monoisotopic (exact) mass is 366 g/mol. The first-order chi connectivity index (χ1) is 13.1. The van der Waals surface area contributed by atoms with Gasteiger partial charge < -0.3 is 15.8 Å². The molecular weight excluding hydrogens is 343 g/mol. The van der Waals surface area contributed by atoms with E-state index in [4.69, 9.17) is 10.5 Å². The van der Waals surface area contributed by atoms with Gasteiger partial charge in [0.15, 0.2) is 0 Å². The minimum absolute atomic E-state index is 0.129. The number of rotatable bonds is 4. The van der Waals surface area contributed by atoms with Crippen LogP contribution in [-0.2, 0) is 0 Å². The maximum atomic E-state index is 13.9. The molecule has 6 heteroatoms. The van der Waals surface area contributed by atoms with Crippen molar-refractivity contribution in [1.29, 1.82) is 0 Å². The molecule has 5 nitrogen and oxygen atoms in total. The van der Waals surface area contributed by atoms with Gasteiger partial charge in [-0.2, -0.15) is 0 Å². The Morgan fingerprint density at radius 2 is 1.93 bits per heavy atom. The van der Waals surface area contributed by atoms with Gasteiger partial charge in [-0.05, 0) is 62.4 Å². The fourth-order valence-electron chi connectivity index (χ4n) is 3.70. The van der Waals surface area contributed by atoms with Crippen LogP contribution in [0.1, 0.15) is 37.7 Å².